The highest BCUT2D eigenvalue weighted by Crippen LogP contribution is 2.31. The summed E-state index contributed by atoms with van der Waals surface area (Å²) in [6, 6.07) is 5.75. The summed E-state index contributed by atoms with van der Waals surface area (Å²) in [7, 11) is 1.62. The molecule has 1 aromatic carbocycles. The number of hydrogen-bond acceptors (Lipinski definition) is 5. The average Bonchev–Trinajstić information content (AvgIpc) is 2.96. The number of para-hydroxylation sites is 1. The van der Waals surface area contributed by atoms with E-state index in [1.54, 1.807) is 30.5 Å². The minimum Gasteiger partial charge on any atom is -0.493 e. The van der Waals surface area contributed by atoms with E-state index in [9.17, 15) is 0 Å². The molecule has 1 aromatic heterocycles. The van der Waals surface area contributed by atoms with E-state index >= 15 is 0 Å². The molecule has 0 saturated carbocycles. The van der Waals surface area contributed by atoms with Crippen molar-refractivity contribution >= 4 is 0 Å². The molecule has 0 aliphatic carbocycles. The van der Waals surface area contributed by atoms with Crippen molar-refractivity contribution in [3.05, 3.63) is 49.1 Å². The Labute approximate surface area is 111 Å². The van der Waals surface area contributed by atoms with Crippen molar-refractivity contribution in [2.24, 2.45) is 0 Å². The third-order valence-corrected chi connectivity index (χ3v) is 2.50. The average molecular weight is 260 g/mol. The predicted octanol–water partition coefficient (Wildman–Crippen LogP) is 1.60. The van der Waals surface area contributed by atoms with Gasteiger partial charge in [-0.2, -0.15) is 0 Å². The minimum atomic E-state index is 0.431. The van der Waals surface area contributed by atoms with Crippen LogP contribution in [0, 0.1) is 0 Å². The van der Waals surface area contributed by atoms with Gasteiger partial charge >= 0.3 is 0 Å². The number of ether oxygens (including phenoxy) is 2. The second-order valence-corrected chi connectivity index (χ2v) is 3.75. The molecule has 1 heterocycles. The Kier molecular flexibility index (Phi) is 4.39. The molecule has 0 unspecified atom stereocenters. The van der Waals surface area contributed by atoms with E-state index in [0.717, 1.165) is 5.56 Å². The summed E-state index contributed by atoms with van der Waals surface area (Å²) in [6.07, 6.45) is 4.87. The van der Waals surface area contributed by atoms with Crippen LogP contribution in [-0.4, -0.2) is 28.6 Å². The predicted molar refractivity (Wildman–Crippen MR) is 71.8 cm³/mol. The third kappa shape index (κ3) is 3.25. The molecule has 2 aromatic rings. The molecular formula is C13H16N4O2. The molecule has 0 aliphatic rings. The summed E-state index contributed by atoms with van der Waals surface area (Å²) in [5.74, 6) is 1.41. The van der Waals surface area contributed by atoms with Crippen LogP contribution in [0.5, 0.6) is 11.5 Å². The largest absolute Gasteiger partial charge is 0.493 e. The Morgan fingerprint density at radius 2 is 2.16 bits per heavy atom. The fraction of sp³-hybridized carbons (Fsp3) is 0.231. The Bertz CT molecular complexity index is 525. The molecule has 0 bridgehead atoms. The Balaban J connectivity index is 2.15. The van der Waals surface area contributed by atoms with Gasteiger partial charge in [-0.05, 0) is 6.07 Å². The summed E-state index contributed by atoms with van der Waals surface area (Å²) in [6.45, 7) is 4.65. The van der Waals surface area contributed by atoms with E-state index in [1.165, 1.54) is 0 Å². The van der Waals surface area contributed by atoms with Crippen molar-refractivity contribution in [2.45, 2.75) is 6.54 Å². The highest BCUT2D eigenvalue weighted by Gasteiger charge is 2.09. The van der Waals surface area contributed by atoms with Gasteiger partial charge in [0.05, 0.1) is 13.7 Å². The fourth-order valence-corrected chi connectivity index (χ4v) is 1.63. The molecule has 1 N–H and O–H groups in total. The standard InChI is InChI=1S/C13H16N4O2/c1-3-7-19-13-11(5-4-6-12(13)18-2)8-16-17-9-14-15-10-17/h3-6,9-10,16H,1,7-8H2,2H3. The monoisotopic (exact) mass is 260 g/mol. The number of nitrogens with zero attached hydrogens (tertiary/aromatic N) is 3. The Hall–Kier alpha value is -2.50. The smallest absolute Gasteiger partial charge is 0.166 e. The number of methoxy groups -OCH3 is 1. The summed E-state index contributed by atoms with van der Waals surface area (Å²) in [5.41, 5.74) is 4.12. The third-order valence-electron chi connectivity index (χ3n) is 2.50. The van der Waals surface area contributed by atoms with E-state index in [4.69, 9.17) is 9.47 Å². The van der Waals surface area contributed by atoms with Gasteiger partial charge in [-0.3, -0.25) is 0 Å². The van der Waals surface area contributed by atoms with Crippen LogP contribution in [-0.2, 0) is 6.54 Å². The zero-order valence-electron chi connectivity index (χ0n) is 10.7. The van der Waals surface area contributed by atoms with Crippen LogP contribution in [0.4, 0.5) is 0 Å². The fourth-order valence-electron chi connectivity index (χ4n) is 1.63. The SMILES string of the molecule is C=CCOc1c(CNn2cnnc2)cccc1OC. The number of aromatic nitrogens is 3. The van der Waals surface area contributed by atoms with Crippen LogP contribution in [0.25, 0.3) is 0 Å². The second-order valence-electron chi connectivity index (χ2n) is 3.75. The number of nitrogens with one attached hydrogen (secondary N) is 1. The minimum absolute atomic E-state index is 0.431. The molecule has 0 radical (unpaired) electrons. The maximum absolute atomic E-state index is 5.65. The van der Waals surface area contributed by atoms with Gasteiger partial charge in [0.25, 0.3) is 0 Å². The maximum atomic E-state index is 5.65. The summed E-state index contributed by atoms with van der Waals surface area (Å²) in [4.78, 5) is 0. The molecule has 0 saturated heterocycles. The van der Waals surface area contributed by atoms with Crippen molar-refractivity contribution in [1.82, 2.24) is 14.9 Å². The highest BCUT2D eigenvalue weighted by atomic mass is 16.5. The van der Waals surface area contributed by atoms with Crippen molar-refractivity contribution < 1.29 is 9.47 Å². The molecule has 2 rings (SSSR count). The quantitative estimate of drug-likeness (QED) is 0.766. The van der Waals surface area contributed by atoms with Gasteiger partial charge in [0.2, 0.25) is 0 Å². The highest BCUT2D eigenvalue weighted by molar-refractivity contribution is 5.47. The number of hydrogen-bond donors (Lipinski definition) is 1. The van der Waals surface area contributed by atoms with Crippen LogP contribution in [0.15, 0.2) is 43.5 Å². The lowest BCUT2D eigenvalue weighted by Crippen LogP contribution is -2.13. The lowest BCUT2D eigenvalue weighted by Gasteiger charge is -2.15. The molecule has 19 heavy (non-hydrogen) atoms. The van der Waals surface area contributed by atoms with Crippen molar-refractivity contribution in [3.8, 4) is 11.5 Å². The summed E-state index contributed by atoms with van der Waals surface area (Å²) < 4.78 is 12.6. The van der Waals surface area contributed by atoms with Crippen LogP contribution < -0.4 is 14.9 Å². The van der Waals surface area contributed by atoms with Crippen molar-refractivity contribution in [2.75, 3.05) is 19.1 Å². The molecule has 0 aliphatic heterocycles. The van der Waals surface area contributed by atoms with E-state index in [2.05, 4.69) is 22.2 Å². The Morgan fingerprint density at radius 3 is 2.84 bits per heavy atom. The maximum Gasteiger partial charge on any atom is 0.166 e. The molecule has 0 amide bonds. The zero-order valence-corrected chi connectivity index (χ0v) is 10.7. The van der Waals surface area contributed by atoms with Gasteiger partial charge < -0.3 is 14.9 Å². The van der Waals surface area contributed by atoms with Gasteiger partial charge in [0, 0.05) is 5.56 Å². The molecule has 6 heteroatoms. The lowest BCUT2D eigenvalue weighted by molar-refractivity contribution is 0.323. The van der Waals surface area contributed by atoms with Gasteiger partial charge in [-0.25, -0.2) is 4.68 Å². The first-order valence-corrected chi connectivity index (χ1v) is 5.83. The van der Waals surface area contributed by atoms with E-state index in [0.29, 0.717) is 24.7 Å². The van der Waals surface area contributed by atoms with E-state index < -0.39 is 0 Å². The molecular weight excluding hydrogens is 244 g/mol. The van der Waals surface area contributed by atoms with Crippen molar-refractivity contribution in [1.29, 1.82) is 0 Å². The number of rotatable bonds is 7. The van der Waals surface area contributed by atoms with Gasteiger partial charge in [-0.15, -0.1) is 10.2 Å². The van der Waals surface area contributed by atoms with E-state index in [1.807, 2.05) is 18.2 Å². The number of benzene rings is 1. The molecule has 6 nitrogen and oxygen atoms in total. The Morgan fingerprint density at radius 1 is 1.37 bits per heavy atom. The second kappa shape index (κ2) is 6.44. The van der Waals surface area contributed by atoms with Crippen LogP contribution in [0.3, 0.4) is 0 Å². The van der Waals surface area contributed by atoms with Gasteiger partial charge in [0.1, 0.15) is 19.3 Å². The first kappa shape index (κ1) is 12.9. The van der Waals surface area contributed by atoms with Crippen LogP contribution in [0.2, 0.25) is 0 Å². The molecule has 0 spiro atoms. The lowest BCUT2D eigenvalue weighted by atomic mass is 10.2. The zero-order chi connectivity index (χ0) is 13.5. The van der Waals surface area contributed by atoms with Gasteiger partial charge in [0.15, 0.2) is 11.5 Å². The van der Waals surface area contributed by atoms with Crippen molar-refractivity contribution in [3.63, 3.8) is 0 Å². The summed E-state index contributed by atoms with van der Waals surface area (Å²) in [5, 5.41) is 7.44. The van der Waals surface area contributed by atoms with Crippen LogP contribution >= 0.6 is 0 Å². The molecule has 100 valence electrons. The first-order valence-electron chi connectivity index (χ1n) is 5.83. The molecule has 0 fully saturated rings. The van der Waals surface area contributed by atoms with Crippen LogP contribution in [0.1, 0.15) is 5.56 Å². The molecule has 0 atom stereocenters. The normalized spacial score (nSPS) is 9.95. The first-order chi connectivity index (χ1) is 9.35. The summed E-state index contributed by atoms with van der Waals surface area (Å²) >= 11 is 0. The van der Waals surface area contributed by atoms with Gasteiger partial charge in [-0.1, -0.05) is 24.8 Å². The topological polar surface area (TPSA) is 61.2 Å². The van der Waals surface area contributed by atoms with E-state index in [-0.39, 0.29) is 0 Å².